The highest BCUT2D eigenvalue weighted by atomic mass is 79.9. The maximum atomic E-state index is 6.43. The Morgan fingerprint density at radius 3 is 3.00 bits per heavy atom. The lowest BCUT2D eigenvalue weighted by atomic mass is 10.1. The summed E-state index contributed by atoms with van der Waals surface area (Å²) in [4.78, 5) is 4.39. The third-order valence-electron chi connectivity index (χ3n) is 3.61. The first-order valence-electron chi connectivity index (χ1n) is 6.90. The standard InChI is InChI=1S/C13H24BrN5O/c1-17(2)4-5-19-13(10(14)8-16-19)12(15)11-9-18(3)6-7-20-11/h8,11-12H,4-7,9,15H2,1-3H3. The summed E-state index contributed by atoms with van der Waals surface area (Å²) in [5.41, 5.74) is 7.45. The first kappa shape index (κ1) is 15.9. The number of hydrogen-bond donors (Lipinski definition) is 1. The molecule has 7 heteroatoms. The van der Waals surface area contributed by atoms with Crippen LogP contribution in [0.1, 0.15) is 11.7 Å². The Balaban J connectivity index is 2.11. The maximum Gasteiger partial charge on any atom is 0.0910 e. The molecule has 1 aromatic heterocycles. The Morgan fingerprint density at radius 2 is 2.35 bits per heavy atom. The summed E-state index contributed by atoms with van der Waals surface area (Å²) in [6, 6.07) is -0.170. The SMILES string of the molecule is CN(C)CCn1ncc(Br)c1C(N)C1CN(C)CCO1. The number of rotatable bonds is 5. The van der Waals surface area contributed by atoms with E-state index >= 15 is 0 Å². The minimum atomic E-state index is -0.170. The number of ether oxygens (including phenoxy) is 1. The second-order valence-corrected chi connectivity index (χ2v) is 6.46. The molecule has 2 rings (SSSR count). The van der Waals surface area contributed by atoms with Gasteiger partial charge in [0.25, 0.3) is 0 Å². The lowest BCUT2D eigenvalue weighted by Crippen LogP contribution is -2.46. The molecule has 1 saturated heterocycles. The summed E-state index contributed by atoms with van der Waals surface area (Å²) in [6.07, 6.45) is 1.83. The molecule has 2 atom stereocenters. The Kier molecular flexibility index (Phi) is 5.57. The van der Waals surface area contributed by atoms with Gasteiger partial charge in [0.05, 0.1) is 41.7 Å². The quantitative estimate of drug-likeness (QED) is 0.843. The summed E-state index contributed by atoms with van der Waals surface area (Å²) in [6.45, 7) is 4.30. The highest BCUT2D eigenvalue weighted by Crippen LogP contribution is 2.26. The molecule has 6 nitrogen and oxygen atoms in total. The van der Waals surface area contributed by atoms with Gasteiger partial charge in [-0.25, -0.2) is 0 Å². The number of halogens is 1. The predicted molar refractivity (Wildman–Crippen MR) is 82.6 cm³/mol. The van der Waals surface area contributed by atoms with E-state index in [2.05, 4.69) is 52.0 Å². The maximum absolute atomic E-state index is 6.43. The first-order valence-corrected chi connectivity index (χ1v) is 7.70. The average molecular weight is 346 g/mol. The second kappa shape index (κ2) is 7.00. The zero-order valence-corrected chi connectivity index (χ0v) is 14.0. The number of nitrogens with two attached hydrogens (primary N) is 1. The molecule has 1 aromatic rings. The highest BCUT2D eigenvalue weighted by Gasteiger charge is 2.29. The largest absolute Gasteiger partial charge is 0.374 e. The van der Waals surface area contributed by atoms with Crippen molar-refractivity contribution in [1.82, 2.24) is 19.6 Å². The molecule has 0 bridgehead atoms. The number of nitrogens with zero attached hydrogens (tertiary/aromatic N) is 4. The number of aromatic nitrogens is 2. The van der Waals surface area contributed by atoms with Crippen molar-refractivity contribution < 1.29 is 4.74 Å². The Bertz CT molecular complexity index is 436. The van der Waals surface area contributed by atoms with Gasteiger partial charge in [-0.15, -0.1) is 0 Å². The van der Waals surface area contributed by atoms with Crippen molar-refractivity contribution in [2.24, 2.45) is 5.73 Å². The summed E-state index contributed by atoms with van der Waals surface area (Å²) >= 11 is 3.56. The van der Waals surface area contributed by atoms with Crippen molar-refractivity contribution in [1.29, 1.82) is 0 Å². The Labute approximate surface area is 129 Å². The van der Waals surface area contributed by atoms with Crippen LogP contribution < -0.4 is 5.73 Å². The van der Waals surface area contributed by atoms with E-state index in [1.807, 2.05) is 10.9 Å². The normalized spacial score (nSPS) is 22.4. The van der Waals surface area contributed by atoms with Crippen LogP contribution in [0.15, 0.2) is 10.7 Å². The summed E-state index contributed by atoms with van der Waals surface area (Å²) in [7, 11) is 6.20. The van der Waals surface area contributed by atoms with E-state index in [0.29, 0.717) is 0 Å². The van der Waals surface area contributed by atoms with E-state index in [9.17, 15) is 0 Å². The second-order valence-electron chi connectivity index (χ2n) is 5.60. The van der Waals surface area contributed by atoms with Crippen LogP contribution in [0.3, 0.4) is 0 Å². The van der Waals surface area contributed by atoms with Crippen molar-refractivity contribution in [3.63, 3.8) is 0 Å². The number of likely N-dealkylation sites (N-methyl/N-ethyl adjacent to an activating group) is 2. The highest BCUT2D eigenvalue weighted by molar-refractivity contribution is 9.10. The molecule has 0 radical (unpaired) electrons. The van der Waals surface area contributed by atoms with E-state index in [4.69, 9.17) is 10.5 Å². The van der Waals surface area contributed by atoms with Crippen LogP contribution in [-0.2, 0) is 11.3 Å². The number of morpholine rings is 1. The Morgan fingerprint density at radius 1 is 1.60 bits per heavy atom. The molecule has 0 aromatic carbocycles. The fraction of sp³-hybridized carbons (Fsp3) is 0.769. The van der Waals surface area contributed by atoms with Gasteiger partial charge in [0.2, 0.25) is 0 Å². The molecule has 0 saturated carbocycles. The van der Waals surface area contributed by atoms with Crippen LogP contribution in [0.2, 0.25) is 0 Å². The fourth-order valence-electron chi connectivity index (χ4n) is 2.38. The molecule has 2 heterocycles. The van der Waals surface area contributed by atoms with Gasteiger partial charge in [-0.2, -0.15) is 5.10 Å². The molecule has 1 aliphatic heterocycles. The van der Waals surface area contributed by atoms with Gasteiger partial charge < -0.3 is 20.3 Å². The van der Waals surface area contributed by atoms with E-state index in [1.54, 1.807) is 0 Å². The number of hydrogen-bond acceptors (Lipinski definition) is 5. The molecular formula is C13H24BrN5O. The van der Waals surface area contributed by atoms with Crippen molar-refractivity contribution in [2.45, 2.75) is 18.7 Å². The third kappa shape index (κ3) is 3.79. The van der Waals surface area contributed by atoms with Gasteiger partial charge in [-0.3, -0.25) is 4.68 Å². The monoisotopic (exact) mass is 345 g/mol. The van der Waals surface area contributed by atoms with Crippen LogP contribution in [-0.4, -0.2) is 73.1 Å². The first-order chi connectivity index (χ1) is 9.49. The van der Waals surface area contributed by atoms with E-state index in [0.717, 1.165) is 43.0 Å². The van der Waals surface area contributed by atoms with Crippen LogP contribution in [0.25, 0.3) is 0 Å². The molecule has 1 fully saturated rings. The van der Waals surface area contributed by atoms with E-state index < -0.39 is 0 Å². The molecule has 1 aliphatic rings. The summed E-state index contributed by atoms with van der Waals surface area (Å²) in [5, 5.41) is 4.42. The zero-order chi connectivity index (χ0) is 14.7. The van der Waals surface area contributed by atoms with Crippen molar-refractivity contribution in [3.05, 3.63) is 16.4 Å². The predicted octanol–water partition coefficient (Wildman–Crippen LogP) is 0.538. The topological polar surface area (TPSA) is 59.5 Å². The molecule has 0 aliphatic carbocycles. The molecule has 2 N–H and O–H groups in total. The van der Waals surface area contributed by atoms with Gasteiger partial charge in [0, 0.05) is 19.6 Å². The minimum absolute atomic E-state index is 0.0138. The molecule has 114 valence electrons. The third-order valence-corrected chi connectivity index (χ3v) is 4.22. The van der Waals surface area contributed by atoms with Gasteiger partial charge in [0.1, 0.15) is 0 Å². The summed E-state index contributed by atoms with van der Waals surface area (Å²) < 4.78 is 8.77. The van der Waals surface area contributed by atoms with Crippen molar-refractivity contribution in [3.8, 4) is 0 Å². The molecule has 2 unspecified atom stereocenters. The van der Waals surface area contributed by atoms with Gasteiger partial charge >= 0.3 is 0 Å². The fourth-order valence-corrected chi connectivity index (χ4v) is 2.94. The lowest BCUT2D eigenvalue weighted by molar-refractivity contribution is -0.0340. The molecule has 0 spiro atoms. The van der Waals surface area contributed by atoms with Crippen molar-refractivity contribution in [2.75, 3.05) is 47.4 Å². The van der Waals surface area contributed by atoms with Crippen LogP contribution >= 0.6 is 15.9 Å². The smallest absolute Gasteiger partial charge is 0.0910 e. The van der Waals surface area contributed by atoms with E-state index in [1.165, 1.54) is 0 Å². The molecule has 20 heavy (non-hydrogen) atoms. The van der Waals surface area contributed by atoms with Gasteiger partial charge in [-0.1, -0.05) is 0 Å². The van der Waals surface area contributed by atoms with Gasteiger partial charge in [0.15, 0.2) is 0 Å². The van der Waals surface area contributed by atoms with Crippen LogP contribution in [0.5, 0.6) is 0 Å². The summed E-state index contributed by atoms with van der Waals surface area (Å²) in [5.74, 6) is 0. The minimum Gasteiger partial charge on any atom is -0.374 e. The molecular weight excluding hydrogens is 322 g/mol. The van der Waals surface area contributed by atoms with Gasteiger partial charge in [-0.05, 0) is 37.1 Å². The lowest BCUT2D eigenvalue weighted by Gasteiger charge is -2.33. The Hall–Kier alpha value is -0.470. The van der Waals surface area contributed by atoms with Crippen LogP contribution in [0.4, 0.5) is 0 Å². The average Bonchev–Trinajstić information content (AvgIpc) is 2.76. The van der Waals surface area contributed by atoms with Crippen LogP contribution in [0, 0.1) is 0 Å². The molecule has 0 amide bonds. The zero-order valence-electron chi connectivity index (χ0n) is 12.4. The van der Waals surface area contributed by atoms with E-state index in [-0.39, 0.29) is 12.1 Å². The van der Waals surface area contributed by atoms with Crippen molar-refractivity contribution >= 4 is 15.9 Å².